The van der Waals surface area contributed by atoms with Gasteiger partial charge in [0.05, 0.1) is 29.4 Å². The van der Waals surface area contributed by atoms with Crippen molar-refractivity contribution in [2.45, 2.75) is 19.8 Å². The van der Waals surface area contributed by atoms with Gasteiger partial charge in [-0.2, -0.15) is 10.1 Å². The first kappa shape index (κ1) is 19.3. The molecule has 0 radical (unpaired) electrons. The Morgan fingerprint density at radius 1 is 1.31 bits per heavy atom. The van der Waals surface area contributed by atoms with Gasteiger partial charge >= 0.3 is 6.01 Å². The summed E-state index contributed by atoms with van der Waals surface area (Å²) in [6, 6.07) is 2.95. The number of hydrazone groups is 1. The van der Waals surface area contributed by atoms with Crippen molar-refractivity contribution in [1.82, 2.24) is 9.97 Å². The highest BCUT2D eigenvalue weighted by Crippen LogP contribution is 2.31. The number of alkyl halides is 2. The lowest BCUT2D eigenvalue weighted by atomic mass is 10.1. The molecule has 0 aliphatic carbocycles. The molecule has 26 heavy (non-hydrogen) atoms. The molecule has 10 heteroatoms. The van der Waals surface area contributed by atoms with Crippen molar-refractivity contribution in [1.29, 1.82) is 0 Å². The molecule has 1 aromatic heterocycles. The number of aryl methyl sites for hydroxylation is 1. The van der Waals surface area contributed by atoms with E-state index in [4.69, 9.17) is 10.6 Å². The van der Waals surface area contributed by atoms with Crippen LogP contribution in [0, 0.1) is 18.6 Å². The SMILES string of the molecule is Cc1nc(OCC(C=Nc2ccc(F)c(C(C)(F)F)c2)=NN)ncc1F. The molecule has 2 aromatic rings. The Balaban J connectivity index is 2.09. The first-order valence-corrected chi connectivity index (χ1v) is 7.31. The minimum atomic E-state index is -3.35. The number of ether oxygens (including phenoxy) is 1. The average Bonchev–Trinajstić information content (AvgIpc) is 2.58. The van der Waals surface area contributed by atoms with Gasteiger partial charge in [-0.3, -0.25) is 4.99 Å². The molecular weight excluding hydrogens is 354 g/mol. The molecule has 0 unspecified atom stereocenters. The van der Waals surface area contributed by atoms with Gasteiger partial charge in [0.1, 0.15) is 18.1 Å². The van der Waals surface area contributed by atoms with Gasteiger partial charge in [0, 0.05) is 6.92 Å². The highest BCUT2D eigenvalue weighted by molar-refractivity contribution is 6.31. The van der Waals surface area contributed by atoms with Crippen LogP contribution in [0.3, 0.4) is 0 Å². The van der Waals surface area contributed by atoms with E-state index in [1.54, 1.807) is 0 Å². The number of aromatic nitrogens is 2. The van der Waals surface area contributed by atoms with E-state index in [0.29, 0.717) is 6.92 Å². The molecule has 2 rings (SSSR count). The molecular formula is C16H15F4N5O. The van der Waals surface area contributed by atoms with Gasteiger partial charge in [-0.05, 0) is 25.1 Å². The summed E-state index contributed by atoms with van der Waals surface area (Å²) in [4.78, 5) is 11.3. The molecule has 0 bridgehead atoms. The highest BCUT2D eigenvalue weighted by atomic mass is 19.3. The van der Waals surface area contributed by atoms with Crippen LogP contribution in [0.4, 0.5) is 23.2 Å². The third-order valence-corrected chi connectivity index (χ3v) is 3.20. The quantitative estimate of drug-likeness (QED) is 0.366. The number of nitrogens with zero attached hydrogens (tertiary/aromatic N) is 4. The number of benzene rings is 1. The Morgan fingerprint density at radius 2 is 2.04 bits per heavy atom. The molecule has 0 amide bonds. The molecule has 0 saturated heterocycles. The van der Waals surface area contributed by atoms with Gasteiger partial charge in [-0.15, -0.1) is 0 Å². The first-order chi connectivity index (χ1) is 12.2. The largest absolute Gasteiger partial charge is 0.457 e. The lowest BCUT2D eigenvalue weighted by molar-refractivity contribution is 0.0138. The Kier molecular flexibility index (Phi) is 5.86. The Hall–Kier alpha value is -3.04. The summed E-state index contributed by atoms with van der Waals surface area (Å²) < 4.78 is 58.4. The molecule has 1 aromatic carbocycles. The monoisotopic (exact) mass is 369 g/mol. The third kappa shape index (κ3) is 4.98. The normalized spacial score (nSPS) is 12.6. The topological polar surface area (TPSA) is 85.8 Å². The maximum atomic E-state index is 13.5. The van der Waals surface area contributed by atoms with Crippen molar-refractivity contribution >= 4 is 17.6 Å². The zero-order valence-corrected chi connectivity index (χ0v) is 13.9. The Morgan fingerprint density at radius 3 is 2.65 bits per heavy atom. The van der Waals surface area contributed by atoms with Crippen LogP contribution in [0.2, 0.25) is 0 Å². The van der Waals surface area contributed by atoms with E-state index in [0.717, 1.165) is 18.3 Å². The Bertz CT molecular complexity index is 849. The summed E-state index contributed by atoms with van der Waals surface area (Å²) in [5.41, 5.74) is -0.457. The van der Waals surface area contributed by atoms with Crippen LogP contribution in [0.5, 0.6) is 6.01 Å². The molecule has 138 valence electrons. The van der Waals surface area contributed by atoms with Crippen LogP contribution >= 0.6 is 0 Å². The van der Waals surface area contributed by atoms with Crippen molar-refractivity contribution in [2.75, 3.05) is 6.61 Å². The molecule has 0 spiro atoms. The fourth-order valence-electron chi connectivity index (χ4n) is 1.83. The van der Waals surface area contributed by atoms with E-state index in [2.05, 4.69) is 20.1 Å². The van der Waals surface area contributed by atoms with Gasteiger partial charge in [-0.25, -0.2) is 22.5 Å². The molecule has 0 aliphatic rings. The summed E-state index contributed by atoms with van der Waals surface area (Å²) in [5, 5.41) is 3.44. The molecule has 2 N–H and O–H groups in total. The fourth-order valence-corrected chi connectivity index (χ4v) is 1.83. The lowest BCUT2D eigenvalue weighted by Gasteiger charge is -2.11. The predicted molar refractivity (Wildman–Crippen MR) is 88.0 cm³/mol. The maximum absolute atomic E-state index is 13.5. The first-order valence-electron chi connectivity index (χ1n) is 7.31. The second-order valence-electron chi connectivity index (χ2n) is 5.31. The fraction of sp³-hybridized carbons (Fsp3) is 0.250. The summed E-state index contributed by atoms with van der Waals surface area (Å²) >= 11 is 0. The number of rotatable bonds is 6. The van der Waals surface area contributed by atoms with Gasteiger partial charge in [0.2, 0.25) is 0 Å². The van der Waals surface area contributed by atoms with Crippen molar-refractivity contribution in [3.63, 3.8) is 0 Å². The minimum Gasteiger partial charge on any atom is -0.457 e. The van der Waals surface area contributed by atoms with E-state index in [-0.39, 0.29) is 29.7 Å². The van der Waals surface area contributed by atoms with Gasteiger partial charge in [0.15, 0.2) is 5.82 Å². The number of nitrogens with two attached hydrogens (primary N) is 1. The standard InChI is InChI=1S/C16H15F4N5O/c1-9-14(18)7-23-15(24-9)26-8-11(25-21)6-22-10-3-4-13(17)12(5-10)16(2,19)20/h3-7H,8,21H2,1-2H3. The van der Waals surface area contributed by atoms with Crippen LogP contribution < -0.4 is 10.6 Å². The van der Waals surface area contributed by atoms with Crippen LogP contribution in [0.15, 0.2) is 34.5 Å². The second-order valence-corrected chi connectivity index (χ2v) is 5.31. The summed E-state index contributed by atoms with van der Waals surface area (Å²) in [5.74, 6) is 0.260. The number of hydrogen-bond donors (Lipinski definition) is 1. The van der Waals surface area contributed by atoms with E-state index < -0.39 is 23.1 Å². The van der Waals surface area contributed by atoms with Gasteiger partial charge in [-0.1, -0.05) is 0 Å². The van der Waals surface area contributed by atoms with Crippen molar-refractivity contribution in [3.05, 3.63) is 47.3 Å². The number of aliphatic imine (C=N–C) groups is 1. The minimum absolute atomic E-state index is 0.0814. The molecule has 1 heterocycles. The molecule has 0 atom stereocenters. The van der Waals surface area contributed by atoms with E-state index in [1.165, 1.54) is 19.2 Å². The van der Waals surface area contributed by atoms with Crippen molar-refractivity contribution in [3.8, 4) is 6.01 Å². The van der Waals surface area contributed by atoms with Crippen molar-refractivity contribution < 1.29 is 22.3 Å². The zero-order valence-electron chi connectivity index (χ0n) is 13.9. The van der Waals surface area contributed by atoms with Crippen LogP contribution in [0.1, 0.15) is 18.2 Å². The molecule has 0 aliphatic heterocycles. The summed E-state index contributed by atoms with van der Waals surface area (Å²) in [6.45, 7) is 1.84. The smallest absolute Gasteiger partial charge is 0.317 e. The van der Waals surface area contributed by atoms with E-state index in [9.17, 15) is 17.6 Å². The molecule has 6 nitrogen and oxygen atoms in total. The van der Waals surface area contributed by atoms with Crippen LogP contribution in [-0.4, -0.2) is 28.5 Å². The summed E-state index contributed by atoms with van der Waals surface area (Å²) in [7, 11) is 0. The van der Waals surface area contributed by atoms with Gasteiger partial charge < -0.3 is 10.6 Å². The Labute approximate surface area is 146 Å². The molecule has 0 fully saturated rings. The van der Waals surface area contributed by atoms with Gasteiger partial charge in [0.25, 0.3) is 5.92 Å². The second kappa shape index (κ2) is 7.89. The number of halogens is 4. The predicted octanol–water partition coefficient (Wildman–Crippen LogP) is 3.27. The number of hydrogen-bond acceptors (Lipinski definition) is 6. The van der Waals surface area contributed by atoms with Crippen molar-refractivity contribution in [2.24, 2.45) is 15.9 Å². The lowest BCUT2D eigenvalue weighted by Crippen LogP contribution is -2.16. The highest BCUT2D eigenvalue weighted by Gasteiger charge is 2.28. The maximum Gasteiger partial charge on any atom is 0.317 e. The zero-order chi connectivity index (χ0) is 19.3. The molecule has 0 saturated carbocycles. The van der Waals surface area contributed by atoms with Crippen LogP contribution in [0.25, 0.3) is 0 Å². The summed E-state index contributed by atoms with van der Waals surface area (Å²) in [6.07, 6.45) is 2.12. The van der Waals surface area contributed by atoms with Crippen LogP contribution in [-0.2, 0) is 5.92 Å². The third-order valence-electron chi connectivity index (χ3n) is 3.20. The van der Waals surface area contributed by atoms with E-state index >= 15 is 0 Å². The van der Waals surface area contributed by atoms with E-state index in [1.807, 2.05) is 0 Å². The average molecular weight is 369 g/mol.